The first-order valence-electron chi connectivity index (χ1n) is 11.9. The van der Waals surface area contributed by atoms with Crippen molar-refractivity contribution < 1.29 is 31.1 Å². The number of fused-ring (bicyclic) bond motifs is 1. The van der Waals surface area contributed by atoms with E-state index in [1.165, 1.54) is 6.07 Å². The van der Waals surface area contributed by atoms with Crippen molar-refractivity contribution in [3.8, 4) is 0 Å². The maximum atomic E-state index is 12.8. The van der Waals surface area contributed by atoms with Gasteiger partial charge in [0.2, 0.25) is 15.0 Å². The van der Waals surface area contributed by atoms with Crippen LogP contribution >= 0.6 is 11.3 Å². The number of carbonyl (C=O) groups is 1. The van der Waals surface area contributed by atoms with Crippen molar-refractivity contribution >= 4 is 49.5 Å². The van der Waals surface area contributed by atoms with Crippen LogP contribution in [0.4, 0.5) is 35.4 Å². The second-order valence-electron chi connectivity index (χ2n) is 8.50. The molecule has 1 aromatic carbocycles. The fraction of sp³-hybridized carbons (Fsp3) is 0.591. The number of ether oxygens (including phenoxy) is 1. The van der Waals surface area contributed by atoms with Crippen molar-refractivity contribution in [3.63, 3.8) is 0 Å². The Bertz CT molecular complexity index is 1220. The van der Waals surface area contributed by atoms with E-state index in [0.717, 1.165) is 61.4 Å². The first-order valence-corrected chi connectivity index (χ1v) is 14.4. The number of anilines is 2. The van der Waals surface area contributed by atoms with Crippen LogP contribution in [0.2, 0.25) is 0 Å². The van der Waals surface area contributed by atoms with Crippen LogP contribution in [0.5, 0.6) is 0 Å². The molecular formula is C22H29F3N6O4S2. The molecule has 0 fully saturated rings. The van der Waals surface area contributed by atoms with Crippen LogP contribution in [0.25, 0.3) is 0 Å². The maximum Gasteiger partial charge on any atom is 0.404 e. The van der Waals surface area contributed by atoms with Crippen LogP contribution in [0.1, 0.15) is 61.3 Å². The number of nitrogens with one attached hydrogen (secondary N) is 1. The van der Waals surface area contributed by atoms with E-state index in [1.54, 1.807) is 6.07 Å². The minimum absolute atomic E-state index is 0.00818. The van der Waals surface area contributed by atoms with Gasteiger partial charge in [-0.15, -0.1) is 20.4 Å². The Balaban J connectivity index is 1.91. The van der Waals surface area contributed by atoms with E-state index in [2.05, 4.69) is 32.2 Å². The lowest BCUT2D eigenvalue weighted by molar-refractivity contribution is -0.106. The van der Waals surface area contributed by atoms with Crippen LogP contribution in [-0.2, 0) is 21.2 Å². The average Bonchev–Trinajstić information content (AvgIpc) is 3.29. The van der Waals surface area contributed by atoms with Crippen molar-refractivity contribution in [1.82, 2.24) is 10.2 Å². The third kappa shape index (κ3) is 8.62. The number of halogens is 3. The molecule has 0 aliphatic carbocycles. The van der Waals surface area contributed by atoms with Gasteiger partial charge < -0.3 is 9.64 Å². The number of esters is 1. The van der Waals surface area contributed by atoms with Gasteiger partial charge in [-0.25, -0.2) is 13.2 Å². The molecular weight excluding hydrogens is 533 g/mol. The first-order chi connectivity index (χ1) is 17.5. The number of rotatable bonds is 12. The number of aromatic nitrogens is 2. The van der Waals surface area contributed by atoms with Gasteiger partial charge in [-0.05, 0) is 43.4 Å². The zero-order valence-electron chi connectivity index (χ0n) is 20.5. The van der Waals surface area contributed by atoms with Gasteiger partial charge in [0, 0.05) is 18.8 Å². The van der Waals surface area contributed by atoms with Crippen molar-refractivity contribution in [3.05, 3.63) is 22.7 Å². The minimum Gasteiger partial charge on any atom is -0.460 e. The van der Waals surface area contributed by atoms with E-state index < -0.39 is 27.9 Å². The molecule has 1 aliphatic rings. The molecule has 0 saturated carbocycles. The fourth-order valence-electron chi connectivity index (χ4n) is 3.67. The first kappa shape index (κ1) is 28.8. The lowest BCUT2D eigenvalue weighted by Crippen LogP contribution is -2.31. The lowest BCUT2D eigenvalue weighted by atomic mass is 10.00. The monoisotopic (exact) mass is 562 g/mol. The lowest BCUT2D eigenvalue weighted by Gasteiger charge is -2.32. The molecule has 1 N–H and O–H groups in total. The second kappa shape index (κ2) is 12.6. The van der Waals surface area contributed by atoms with Crippen molar-refractivity contribution in [1.29, 1.82) is 0 Å². The number of azo groups is 1. The number of aryl methyl sites for hydroxylation is 1. The second-order valence-corrected chi connectivity index (χ2v) is 11.2. The molecule has 0 spiro atoms. The third-order valence-corrected chi connectivity index (χ3v) is 7.40. The minimum atomic E-state index is -4.91. The Kier molecular flexibility index (Phi) is 9.81. The standard InChI is InChI=1S/C22H29F3N6O4S2/c1-3-5-9-31-10-7-8-15-12-16(17(13-18(15)31)30-37(33,34)14-22(23,24)25)26-28-21-29-27-19(36-21)20(32)35-11-6-4-2/h12-13,30H,3-11,14H2,1-2H3. The number of benzene rings is 1. The predicted octanol–water partition coefficient (Wildman–Crippen LogP) is 5.77. The SMILES string of the molecule is CCCCOC(=O)c1nnc(N=Nc2cc3c(cc2NS(=O)(=O)CC(F)(F)F)N(CCCC)CCC3)s1. The Morgan fingerprint density at radius 2 is 1.95 bits per heavy atom. The van der Waals surface area contributed by atoms with Gasteiger partial charge >= 0.3 is 12.1 Å². The molecule has 0 radical (unpaired) electrons. The summed E-state index contributed by atoms with van der Waals surface area (Å²) < 4.78 is 70.2. The van der Waals surface area contributed by atoms with E-state index >= 15 is 0 Å². The highest BCUT2D eigenvalue weighted by Crippen LogP contribution is 2.39. The Morgan fingerprint density at radius 3 is 2.65 bits per heavy atom. The molecule has 37 heavy (non-hydrogen) atoms. The van der Waals surface area contributed by atoms with E-state index in [9.17, 15) is 26.4 Å². The van der Waals surface area contributed by atoms with Gasteiger partial charge in [0.05, 0.1) is 12.3 Å². The molecule has 1 aromatic heterocycles. The summed E-state index contributed by atoms with van der Waals surface area (Å²) in [5.41, 5.74) is 1.53. The number of alkyl halides is 3. The molecule has 0 atom stereocenters. The van der Waals surface area contributed by atoms with Gasteiger partial charge in [-0.1, -0.05) is 38.0 Å². The molecule has 204 valence electrons. The molecule has 0 saturated heterocycles. The Hall–Kier alpha value is -2.81. The van der Waals surface area contributed by atoms with Crippen molar-refractivity contribution in [2.45, 2.75) is 58.5 Å². The molecule has 2 aromatic rings. The molecule has 0 bridgehead atoms. The van der Waals surface area contributed by atoms with Gasteiger partial charge in [-0.3, -0.25) is 4.72 Å². The largest absolute Gasteiger partial charge is 0.460 e. The third-order valence-electron chi connectivity index (χ3n) is 5.38. The quantitative estimate of drug-likeness (QED) is 0.198. The maximum absolute atomic E-state index is 12.8. The summed E-state index contributed by atoms with van der Waals surface area (Å²) >= 11 is 0.831. The molecule has 2 heterocycles. The highest BCUT2D eigenvalue weighted by molar-refractivity contribution is 7.92. The molecule has 15 heteroatoms. The summed E-state index contributed by atoms with van der Waals surface area (Å²) in [4.78, 5) is 14.1. The highest BCUT2D eigenvalue weighted by Gasteiger charge is 2.35. The fourth-order valence-corrected chi connectivity index (χ4v) is 5.23. The number of unbranched alkanes of at least 4 members (excludes halogenated alkanes) is 2. The zero-order chi connectivity index (χ0) is 27.1. The molecule has 10 nitrogen and oxygen atoms in total. The number of hydrogen-bond acceptors (Lipinski definition) is 10. The van der Waals surface area contributed by atoms with Gasteiger partial charge in [-0.2, -0.15) is 13.2 Å². The molecule has 0 unspecified atom stereocenters. The summed E-state index contributed by atoms with van der Waals surface area (Å²) in [5.74, 6) is -2.68. The number of nitrogens with zero attached hydrogens (tertiary/aromatic N) is 5. The topological polar surface area (TPSA) is 126 Å². The zero-order valence-corrected chi connectivity index (χ0v) is 22.2. The van der Waals surface area contributed by atoms with Gasteiger partial charge in [0.25, 0.3) is 5.13 Å². The Labute approximate surface area is 217 Å². The van der Waals surface area contributed by atoms with Crippen molar-refractivity contribution in [2.75, 3.05) is 35.1 Å². The van der Waals surface area contributed by atoms with Crippen molar-refractivity contribution in [2.24, 2.45) is 10.2 Å². The van der Waals surface area contributed by atoms with E-state index in [-0.39, 0.29) is 28.1 Å². The summed E-state index contributed by atoms with van der Waals surface area (Å²) in [5, 5.41) is 15.5. The summed E-state index contributed by atoms with van der Waals surface area (Å²) in [6, 6.07) is 3.12. The van der Waals surface area contributed by atoms with E-state index in [1.807, 2.05) is 11.6 Å². The smallest absolute Gasteiger partial charge is 0.404 e. The van der Waals surface area contributed by atoms with Crippen LogP contribution in [0.3, 0.4) is 0 Å². The van der Waals surface area contributed by atoms with Gasteiger partial charge in [0.15, 0.2) is 5.75 Å². The Morgan fingerprint density at radius 1 is 1.19 bits per heavy atom. The summed E-state index contributed by atoms with van der Waals surface area (Å²) in [7, 11) is -4.76. The average molecular weight is 563 g/mol. The van der Waals surface area contributed by atoms with Gasteiger partial charge in [0.1, 0.15) is 5.69 Å². The van der Waals surface area contributed by atoms with Crippen LogP contribution in [0.15, 0.2) is 22.4 Å². The summed E-state index contributed by atoms with van der Waals surface area (Å²) in [6.07, 6.45) is 0.0847. The normalized spacial score (nSPS) is 14.1. The predicted molar refractivity (Wildman–Crippen MR) is 135 cm³/mol. The highest BCUT2D eigenvalue weighted by atomic mass is 32.2. The number of carbonyl (C=O) groups excluding carboxylic acids is 1. The molecule has 1 aliphatic heterocycles. The summed E-state index contributed by atoms with van der Waals surface area (Å²) in [6.45, 7) is 5.75. The van der Waals surface area contributed by atoms with E-state index in [0.29, 0.717) is 12.8 Å². The number of sulfonamides is 1. The van der Waals surface area contributed by atoms with Crippen LogP contribution in [0, 0.1) is 0 Å². The molecule has 0 amide bonds. The van der Waals surface area contributed by atoms with Crippen LogP contribution < -0.4 is 9.62 Å². The number of hydrogen-bond donors (Lipinski definition) is 1. The van der Waals surface area contributed by atoms with E-state index in [4.69, 9.17) is 4.74 Å². The molecule has 3 rings (SSSR count). The van der Waals surface area contributed by atoms with Crippen LogP contribution in [-0.4, -0.2) is 56.2 Å².